The Hall–Kier alpha value is -2.30. The lowest BCUT2D eigenvalue weighted by Gasteiger charge is -2.32. The molecule has 0 saturated carbocycles. The molecule has 6 nitrogen and oxygen atoms in total. The Morgan fingerprint density at radius 2 is 1.79 bits per heavy atom. The summed E-state index contributed by atoms with van der Waals surface area (Å²) in [6.07, 6.45) is -4.39. The monoisotopic (exact) mass is 429 g/mol. The van der Waals surface area contributed by atoms with Crippen molar-refractivity contribution in [1.82, 2.24) is 0 Å². The average Bonchev–Trinajstić information content (AvgIpc) is 2.62. The van der Waals surface area contributed by atoms with Crippen LogP contribution in [0.4, 0.5) is 13.2 Å². The maximum atomic E-state index is 13.2. The number of hydrogen-bond acceptors (Lipinski definition) is 6. The predicted octanol–water partition coefficient (Wildman–Crippen LogP) is 3.30. The van der Waals surface area contributed by atoms with Crippen molar-refractivity contribution >= 4 is 10.1 Å². The molecule has 0 radical (unpaired) electrons. The van der Waals surface area contributed by atoms with Gasteiger partial charge in [0, 0.05) is 17.0 Å². The highest BCUT2D eigenvalue weighted by molar-refractivity contribution is 7.85. The van der Waals surface area contributed by atoms with E-state index in [0.29, 0.717) is 30.8 Å². The van der Waals surface area contributed by atoms with Crippen LogP contribution in [0.1, 0.15) is 29.0 Å². The third kappa shape index (κ3) is 4.05. The average molecular weight is 429 g/mol. The molecule has 0 aliphatic carbocycles. The predicted molar refractivity (Wildman–Crippen MR) is 93.0 cm³/mol. The Bertz CT molecular complexity index is 1030. The second-order valence-corrected chi connectivity index (χ2v) is 8.25. The van der Waals surface area contributed by atoms with E-state index in [1.54, 1.807) is 0 Å². The maximum Gasteiger partial charge on any atom is 0.416 e. The van der Waals surface area contributed by atoms with Crippen molar-refractivity contribution < 1.29 is 40.4 Å². The molecule has 2 aliphatic rings. The largest absolute Gasteiger partial charge is 0.744 e. The lowest BCUT2D eigenvalue weighted by atomic mass is 9.85. The Labute approximate surface area is 164 Å². The van der Waals surface area contributed by atoms with Crippen molar-refractivity contribution in [2.75, 3.05) is 19.8 Å². The number of rotatable bonds is 4. The first-order chi connectivity index (χ1) is 13.6. The van der Waals surface area contributed by atoms with Gasteiger partial charge in [0.15, 0.2) is 0 Å². The molecule has 0 aromatic heterocycles. The second kappa shape index (κ2) is 7.19. The topological polar surface area (TPSA) is 84.9 Å². The summed E-state index contributed by atoms with van der Waals surface area (Å²) in [5, 5.41) is 0. The number of ether oxygens (including phenoxy) is 3. The van der Waals surface area contributed by atoms with Crippen LogP contribution in [0.2, 0.25) is 0 Å². The lowest BCUT2D eigenvalue weighted by Crippen LogP contribution is -2.39. The SMILES string of the molecule is O=S(=O)([O-])c1ccc2c(c1)OCCC2c1ccc(C(F)(F)F)cc1OC1COC1. The van der Waals surface area contributed by atoms with Gasteiger partial charge in [0.25, 0.3) is 0 Å². The zero-order valence-electron chi connectivity index (χ0n) is 14.9. The van der Waals surface area contributed by atoms with Crippen LogP contribution in [0, 0.1) is 0 Å². The third-order valence-electron chi connectivity index (χ3n) is 4.93. The van der Waals surface area contributed by atoms with E-state index in [4.69, 9.17) is 14.2 Å². The van der Waals surface area contributed by atoms with Crippen molar-refractivity contribution in [3.05, 3.63) is 53.1 Å². The van der Waals surface area contributed by atoms with E-state index in [-0.39, 0.29) is 30.1 Å². The minimum atomic E-state index is -4.65. The van der Waals surface area contributed by atoms with Gasteiger partial charge in [-0.15, -0.1) is 0 Å². The van der Waals surface area contributed by atoms with Crippen LogP contribution in [0.5, 0.6) is 11.5 Å². The molecule has 2 aromatic carbocycles. The maximum absolute atomic E-state index is 13.2. The lowest BCUT2D eigenvalue weighted by molar-refractivity contribution is -0.138. The number of benzene rings is 2. The van der Waals surface area contributed by atoms with Gasteiger partial charge in [-0.25, -0.2) is 8.42 Å². The summed E-state index contributed by atoms with van der Waals surface area (Å²) in [6, 6.07) is 7.11. The molecule has 10 heteroatoms. The fraction of sp³-hybridized carbons (Fsp3) is 0.368. The number of alkyl halides is 3. The molecular weight excluding hydrogens is 413 g/mol. The van der Waals surface area contributed by atoms with Crippen LogP contribution < -0.4 is 9.47 Å². The summed E-state index contributed by atoms with van der Waals surface area (Å²) < 4.78 is 89.6. The first-order valence-corrected chi connectivity index (χ1v) is 10.2. The van der Waals surface area contributed by atoms with Crippen molar-refractivity contribution in [3.63, 3.8) is 0 Å². The summed E-state index contributed by atoms with van der Waals surface area (Å²) in [5.41, 5.74) is 0.293. The van der Waals surface area contributed by atoms with E-state index in [2.05, 4.69) is 0 Å². The van der Waals surface area contributed by atoms with Crippen LogP contribution in [-0.4, -0.2) is 38.9 Å². The minimum Gasteiger partial charge on any atom is -0.744 e. The van der Waals surface area contributed by atoms with Crippen molar-refractivity contribution in [2.24, 2.45) is 0 Å². The van der Waals surface area contributed by atoms with Gasteiger partial charge in [-0.1, -0.05) is 12.1 Å². The zero-order valence-corrected chi connectivity index (χ0v) is 15.8. The molecule has 29 heavy (non-hydrogen) atoms. The van der Waals surface area contributed by atoms with E-state index in [0.717, 1.165) is 18.2 Å². The van der Waals surface area contributed by atoms with E-state index in [9.17, 15) is 26.1 Å². The third-order valence-corrected chi connectivity index (χ3v) is 5.76. The molecule has 1 fully saturated rings. The van der Waals surface area contributed by atoms with Crippen LogP contribution >= 0.6 is 0 Å². The summed E-state index contributed by atoms with van der Waals surface area (Å²) in [7, 11) is -4.65. The highest BCUT2D eigenvalue weighted by Crippen LogP contribution is 2.44. The standard InChI is InChI=1S/C19H17F3O6S/c20-19(21,22)11-1-3-16(18(7-11)28-12-9-26-10-12)14-5-6-27-17-8-13(29(23,24)25)2-4-15(14)17/h1-4,7-8,12,14H,5-6,9-10H2,(H,23,24,25)/p-1. The Balaban J connectivity index is 1.76. The number of fused-ring (bicyclic) bond motifs is 1. The highest BCUT2D eigenvalue weighted by atomic mass is 32.2. The molecule has 0 spiro atoms. The Morgan fingerprint density at radius 1 is 1.07 bits per heavy atom. The van der Waals surface area contributed by atoms with Gasteiger partial charge in [0.1, 0.15) is 27.7 Å². The van der Waals surface area contributed by atoms with Gasteiger partial charge in [0.2, 0.25) is 0 Å². The first-order valence-electron chi connectivity index (χ1n) is 8.81. The Kier molecular flexibility index (Phi) is 4.96. The molecule has 0 bridgehead atoms. The van der Waals surface area contributed by atoms with Crippen molar-refractivity contribution in [1.29, 1.82) is 0 Å². The van der Waals surface area contributed by atoms with Crippen molar-refractivity contribution in [3.8, 4) is 11.5 Å². The van der Waals surface area contributed by atoms with E-state index < -0.39 is 26.8 Å². The molecule has 1 unspecified atom stereocenters. The summed E-state index contributed by atoms with van der Waals surface area (Å²) in [6.45, 7) is 0.808. The number of hydrogen-bond donors (Lipinski definition) is 0. The van der Waals surface area contributed by atoms with Gasteiger partial charge in [-0.2, -0.15) is 13.2 Å². The van der Waals surface area contributed by atoms with Crippen LogP contribution in [0.25, 0.3) is 0 Å². The molecule has 0 amide bonds. The first kappa shape index (κ1) is 20.0. The van der Waals surface area contributed by atoms with E-state index in [1.807, 2.05) is 0 Å². The van der Waals surface area contributed by atoms with Gasteiger partial charge in [-0.05, 0) is 30.7 Å². The molecule has 4 rings (SSSR count). The smallest absolute Gasteiger partial charge is 0.416 e. The fourth-order valence-electron chi connectivity index (χ4n) is 3.41. The number of halogens is 3. The van der Waals surface area contributed by atoms with Crippen LogP contribution in [-0.2, 0) is 21.0 Å². The van der Waals surface area contributed by atoms with E-state index >= 15 is 0 Å². The quantitative estimate of drug-likeness (QED) is 0.694. The molecule has 1 saturated heterocycles. The van der Waals surface area contributed by atoms with Crippen LogP contribution in [0.3, 0.4) is 0 Å². The molecule has 156 valence electrons. The van der Waals surface area contributed by atoms with Gasteiger partial charge in [-0.3, -0.25) is 0 Å². The molecule has 2 aliphatic heterocycles. The van der Waals surface area contributed by atoms with Gasteiger partial charge >= 0.3 is 6.18 Å². The van der Waals surface area contributed by atoms with Gasteiger partial charge < -0.3 is 18.8 Å². The Morgan fingerprint density at radius 3 is 2.41 bits per heavy atom. The molecule has 2 heterocycles. The normalized spacial score (nSPS) is 19.8. The molecule has 2 aromatic rings. The molecular formula is C19H16F3O6S-. The van der Waals surface area contributed by atoms with E-state index in [1.165, 1.54) is 18.2 Å². The minimum absolute atomic E-state index is 0.103. The van der Waals surface area contributed by atoms with Crippen LogP contribution in [0.15, 0.2) is 41.3 Å². The summed E-state index contributed by atoms with van der Waals surface area (Å²) >= 11 is 0. The second-order valence-electron chi connectivity index (χ2n) is 6.87. The summed E-state index contributed by atoms with van der Waals surface area (Å²) in [5.74, 6) is -0.0528. The highest BCUT2D eigenvalue weighted by Gasteiger charge is 2.34. The molecule has 1 atom stereocenters. The summed E-state index contributed by atoms with van der Waals surface area (Å²) in [4.78, 5) is -0.424. The van der Waals surface area contributed by atoms with Gasteiger partial charge in [0.05, 0.1) is 30.3 Å². The molecule has 0 N–H and O–H groups in total. The zero-order chi connectivity index (χ0) is 20.8. The van der Waals surface area contributed by atoms with Crippen molar-refractivity contribution in [2.45, 2.75) is 29.5 Å². The fourth-order valence-corrected chi connectivity index (χ4v) is 3.90.